The summed E-state index contributed by atoms with van der Waals surface area (Å²) in [5.74, 6) is 0.697. The molecule has 92 valence electrons. The maximum absolute atomic E-state index is 11.0. The molecule has 1 amide bonds. The molecular formula is C12H8Br2N2O2. The Kier molecular flexibility index (Phi) is 3.98. The summed E-state index contributed by atoms with van der Waals surface area (Å²) in [6.07, 6.45) is 3.26. The second-order valence-corrected chi connectivity index (χ2v) is 5.22. The first-order chi connectivity index (χ1) is 8.56. The average molecular weight is 372 g/mol. The van der Waals surface area contributed by atoms with Crippen LogP contribution in [0.3, 0.4) is 0 Å². The largest absolute Gasteiger partial charge is 0.455 e. The van der Waals surface area contributed by atoms with Gasteiger partial charge in [-0.2, -0.15) is 0 Å². The Balaban J connectivity index is 2.27. The van der Waals surface area contributed by atoms with E-state index in [-0.39, 0.29) is 0 Å². The number of benzene rings is 1. The monoisotopic (exact) mass is 370 g/mol. The Morgan fingerprint density at radius 2 is 2.00 bits per heavy atom. The highest BCUT2D eigenvalue weighted by molar-refractivity contribution is 9.10. The average Bonchev–Trinajstić information content (AvgIpc) is 2.31. The van der Waals surface area contributed by atoms with Gasteiger partial charge < -0.3 is 10.5 Å². The van der Waals surface area contributed by atoms with E-state index < -0.39 is 5.91 Å². The van der Waals surface area contributed by atoms with E-state index in [0.29, 0.717) is 21.5 Å². The van der Waals surface area contributed by atoms with Crippen LogP contribution in [0.2, 0.25) is 0 Å². The van der Waals surface area contributed by atoms with Crippen molar-refractivity contribution in [3.05, 3.63) is 51.2 Å². The Morgan fingerprint density at radius 1 is 1.22 bits per heavy atom. The molecular weight excluding hydrogens is 364 g/mol. The number of carbonyl (C=O) groups is 1. The second-order valence-electron chi connectivity index (χ2n) is 3.45. The fourth-order valence-corrected chi connectivity index (χ4v) is 2.12. The number of ether oxygens (including phenoxy) is 1. The lowest BCUT2D eigenvalue weighted by Crippen LogP contribution is -2.10. The molecule has 0 saturated carbocycles. The normalized spacial score (nSPS) is 10.1. The van der Waals surface area contributed by atoms with Crippen LogP contribution in [0.15, 0.2) is 45.6 Å². The maximum atomic E-state index is 11.0. The van der Waals surface area contributed by atoms with E-state index >= 15 is 0 Å². The lowest BCUT2D eigenvalue weighted by atomic mass is 10.2. The minimum atomic E-state index is -0.480. The topological polar surface area (TPSA) is 65.2 Å². The summed E-state index contributed by atoms with van der Waals surface area (Å²) in [5.41, 5.74) is 5.61. The fraction of sp³-hybridized carbons (Fsp3) is 0. The van der Waals surface area contributed by atoms with Gasteiger partial charge in [0.05, 0.1) is 10.7 Å². The number of rotatable bonds is 3. The van der Waals surface area contributed by atoms with Crippen LogP contribution in [-0.2, 0) is 0 Å². The molecule has 0 saturated heterocycles. The van der Waals surface area contributed by atoms with Crippen molar-refractivity contribution in [2.75, 3.05) is 0 Å². The maximum Gasteiger partial charge on any atom is 0.248 e. The van der Waals surface area contributed by atoms with E-state index in [2.05, 4.69) is 36.8 Å². The molecule has 18 heavy (non-hydrogen) atoms. The number of hydrogen-bond donors (Lipinski definition) is 1. The minimum absolute atomic E-state index is 0.418. The number of hydrogen-bond acceptors (Lipinski definition) is 3. The van der Waals surface area contributed by atoms with Gasteiger partial charge in [-0.1, -0.05) is 0 Å². The molecule has 2 aromatic rings. The van der Waals surface area contributed by atoms with Gasteiger partial charge in [-0.25, -0.2) is 0 Å². The summed E-state index contributed by atoms with van der Waals surface area (Å²) < 4.78 is 7.11. The Hall–Kier alpha value is -1.40. The molecule has 0 aliphatic carbocycles. The Labute approximate surface area is 120 Å². The van der Waals surface area contributed by atoms with Crippen LogP contribution in [0.4, 0.5) is 0 Å². The summed E-state index contributed by atoms with van der Waals surface area (Å²) in [6.45, 7) is 0. The van der Waals surface area contributed by atoms with Crippen LogP contribution in [0.5, 0.6) is 11.5 Å². The van der Waals surface area contributed by atoms with Gasteiger partial charge in [0.15, 0.2) is 0 Å². The summed E-state index contributed by atoms with van der Waals surface area (Å²) in [7, 11) is 0. The first-order valence-corrected chi connectivity index (χ1v) is 6.52. The van der Waals surface area contributed by atoms with Gasteiger partial charge in [-0.3, -0.25) is 9.78 Å². The molecule has 0 aliphatic rings. The highest BCUT2D eigenvalue weighted by Crippen LogP contribution is 2.30. The van der Waals surface area contributed by atoms with Crippen molar-refractivity contribution in [1.29, 1.82) is 0 Å². The fourth-order valence-electron chi connectivity index (χ4n) is 1.31. The zero-order valence-electron chi connectivity index (χ0n) is 9.06. The lowest BCUT2D eigenvalue weighted by Gasteiger charge is -2.08. The number of halogens is 2. The first kappa shape index (κ1) is 13.0. The van der Waals surface area contributed by atoms with Gasteiger partial charge in [-0.15, -0.1) is 0 Å². The number of nitrogens with zero attached hydrogens (tertiary/aromatic N) is 1. The van der Waals surface area contributed by atoms with E-state index in [0.717, 1.165) is 4.47 Å². The second kappa shape index (κ2) is 5.49. The van der Waals surface area contributed by atoms with Crippen LogP contribution in [0, 0.1) is 0 Å². The zero-order valence-corrected chi connectivity index (χ0v) is 12.2. The number of carbonyl (C=O) groups excluding carboxylic acids is 1. The van der Waals surface area contributed by atoms with Gasteiger partial charge in [0.2, 0.25) is 5.91 Å². The van der Waals surface area contributed by atoms with Crippen molar-refractivity contribution < 1.29 is 9.53 Å². The summed E-state index contributed by atoms with van der Waals surface area (Å²) in [4.78, 5) is 15.0. The molecule has 6 heteroatoms. The number of pyridine rings is 1. The number of aromatic nitrogens is 1. The molecule has 0 atom stereocenters. The molecule has 1 aromatic carbocycles. The molecule has 2 rings (SSSR count). The molecule has 0 bridgehead atoms. The molecule has 0 radical (unpaired) electrons. The third kappa shape index (κ3) is 3.08. The van der Waals surface area contributed by atoms with Crippen molar-refractivity contribution in [3.8, 4) is 11.5 Å². The Bertz CT molecular complexity index is 602. The van der Waals surface area contributed by atoms with Crippen LogP contribution in [0.1, 0.15) is 10.4 Å². The number of primary amides is 1. The smallest absolute Gasteiger partial charge is 0.248 e. The predicted octanol–water partition coefficient (Wildman–Crippen LogP) is 3.50. The van der Waals surface area contributed by atoms with Crippen molar-refractivity contribution in [2.45, 2.75) is 0 Å². The minimum Gasteiger partial charge on any atom is -0.455 e. The van der Waals surface area contributed by atoms with Crippen molar-refractivity contribution in [3.63, 3.8) is 0 Å². The number of amides is 1. The third-order valence-corrected chi connectivity index (χ3v) is 3.18. The van der Waals surface area contributed by atoms with E-state index in [9.17, 15) is 4.79 Å². The quantitative estimate of drug-likeness (QED) is 0.897. The highest BCUT2D eigenvalue weighted by Gasteiger charge is 2.07. The molecule has 0 unspecified atom stereocenters. The van der Waals surface area contributed by atoms with Crippen molar-refractivity contribution >= 4 is 37.8 Å². The SMILES string of the molecule is NC(=O)c1ccc(Oc2cncc(Br)c2)c(Br)c1. The molecule has 0 fully saturated rings. The molecule has 4 nitrogen and oxygen atoms in total. The van der Waals surface area contributed by atoms with Crippen LogP contribution in [-0.4, -0.2) is 10.9 Å². The van der Waals surface area contributed by atoms with Gasteiger partial charge in [0.1, 0.15) is 11.5 Å². The van der Waals surface area contributed by atoms with Crippen molar-refractivity contribution in [2.24, 2.45) is 5.73 Å². The summed E-state index contributed by atoms with van der Waals surface area (Å²) in [5, 5.41) is 0. The molecule has 2 N–H and O–H groups in total. The molecule has 1 heterocycles. The molecule has 1 aromatic heterocycles. The van der Waals surface area contributed by atoms with Gasteiger partial charge in [0, 0.05) is 16.2 Å². The van der Waals surface area contributed by atoms with Gasteiger partial charge >= 0.3 is 0 Å². The van der Waals surface area contributed by atoms with Crippen LogP contribution >= 0.6 is 31.9 Å². The summed E-state index contributed by atoms with van der Waals surface area (Å²) in [6, 6.07) is 6.68. The molecule has 0 spiro atoms. The summed E-state index contributed by atoms with van der Waals surface area (Å²) >= 11 is 6.64. The van der Waals surface area contributed by atoms with E-state index in [1.807, 2.05) is 0 Å². The first-order valence-electron chi connectivity index (χ1n) is 4.94. The zero-order chi connectivity index (χ0) is 13.1. The Morgan fingerprint density at radius 3 is 2.61 bits per heavy atom. The van der Waals surface area contributed by atoms with Crippen LogP contribution in [0.25, 0.3) is 0 Å². The highest BCUT2D eigenvalue weighted by atomic mass is 79.9. The number of nitrogens with two attached hydrogens (primary N) is 1. The predicted molar refractivity (Wildman–Crippen MR) is 74.7 cm³/mol. The molecule has 0 aliphatic heterocycles. The van der Waals surface area contributed by atoms with Gasteiger partial charge in [0.25, 0.3) is 0 Å². The third-order valence-electron chi connectivity index (χ3n) is 2.12. The van der Waals surface area contributed by atoms with E-state index in [1.165, 1.54) is 0 Å². The van der Waals surface area contributed by atoms with E-state index in [4.69, 9.17) is 10.5 Å². The standard InChI is InChI=1S/C12H8Br2N2O2/c13-8-4-9(6-16-5-8)18-11-2-1-7(12(15)17)3-10(11)14/h1-6H,(H2,15,17). The van der Waals surface area contributed by atoms with Crippen LogP contribution < -0.4 is 10.5 Å². The van der Waals surface area contributed by atoms with Crippen molar-refractivity contribution in [1.82, 2.24) is 4.98 Å². The lowest BCUT2D eigenvalue weighted by molar-refractivity contribution is 0.1000. The van der Waals surface area contributed by atoms with Gasteiger partial charge in [-0.05, 0) is 56.1 Å². The van der Waals surface area contributed by atoms with E-state index in [1.54, 1.807) is 36.7 Å².